The predicted octanol–water partition coefficient (Wildman–Crippen LogP) is 2.49. The van der Waals surface area contributed by atoms with Gasteiger partial charge in [-0.25, -0.2) is 4.21 Å². The minimum absolute atomic E-state index is 0.0435. The molecular formula is C16H26N2O3S. The topological polar surface area (TPSA) is 104 Å². The van der Waals surface area contributed by atoms with E-state index in [0.717, 1.165) is 6.42 Å². The zero-order valence-electron chi connectivity index (χ0n) is 13.2. The molecule has 0 aliphatic heterocycles. The molecule has 0 saturated carbocycles. The van der Waals surface area contributed by atoms with Crippen LogP contribution in [-0.4, -0.2) is 32.8 Å². The van der Waals surface area contributed by atoms with E-state index in [0.29, 0.717) is 6.42 Å². The highest BCUT2D eigenvalue weighted by atomic mass is 32.2. The summed E-state index contributed by atoms with van der Waals surface area (Å²) in [4.78, 5) is 10.7. The fraction of sp³-hybridized carbons (Fsp3) is 0.562. The van der Waals surface area contributed by atoms with E-state index in [9.17, 15) is 9.00 Å². The van der Waals surface area contributed by atoms with Gasteiger partial charge in [0.15, 0.2) is 0 Å². The third kappa shape index (κ3) is 7.04. The molecule has 5 nitrogen and oxygen atoms in total. The molecule has 1 aromatic rings. The summed E-state index contributed by atoms with van der Waals surface area (Å²) >= 11 is 0. The molecule has 1 aromatic carbocycles. The number of hydrogen-bond acceptors (Lipinski definition) is 4. The molecule has 1 rings (SSSR count). The van der Waals surface area contributed by atoms with Gasteiger partial charge in [0, 0.05) is 21.2 Å². The third-order valence-corrected chi connectivity index (χ3v) is 5.47. The van der Waals surface area contributed by atoms with Gasteiger partial charge in [0.05, 0.1) is 0 Å². The van der Waals surface area contributed by atoms with E-state index in [2.05, 4.69) is 26.0 Å². The van der Waals surface area contributed by atoms with E-state index in [1.54, 1.807) is 0 Å². The van der Waals surface area contributed by atoms with Crippen molar-refractivity contribution in [3.8, 4) is 0 Å². The summed E-state index contributed by atoms with van der Waals surface area (Å²) < 4.78 is 20.1. The van der Waals surface area contributed by atoms with Crippen molar-refractivity contribution < 1.29 is 14.1 Å². The minimum Gasteiger partial charge on any atom is -0.480 e. The number of aliphatic carboxylic acids is 1. The van der Waals surface area contributed by atoms with E-state index < -0.39 is 21.7 Å². The van der Waals surface area contributed by atoms with Crippen molar-refractivity contribution in [2.75, 3.05) is 11.5 Å². The molecule has 2 atom stereocenters. The van der Waals surface area contributed by atoms with E-state index in [-0.39, 0.29) is 23.3 Å². The molecule has 0 saturated heterocycles. The summed E-state index contributed by atoms with van der Waals surface area (Å²) in [5.74, 6) is -0.791. The van der Waals surface area contributed by atoms with E-state index >= 15 is 0 Å². The third-order valence-electron chi connectivity index (χ3n) is 3.71. The van der Waals surface area contributed by atoms with Crippen LogP contribution in [0.1, 0.15) is 32.3 Å². The summed E-state index contributed by atoms with van der Waals surface area (Å²) in [6, 6.07) is 9.04. The summed E-state index contributed by atoms with van der Waals surface area (Å²) in [5.41, 5.74) is 6.56. The second kappa shape index (κ2) is 7.74. The Kier molecular flexibility index (Phi) is 6.56. The Hall–Kier alpha value is -1.40. The first-order valence-corrected chi connectivity index (χ1v) is 9.27. The van der Waals surface area contributed by atoms with Gasteiger partial charge in [0.25, 0.3) is 0 Å². The Balaban J connectivity index is 2.50. The van der Waals surface area contributed by atoms with Crippen LogP contribution in [0, 0.1) is 10.2 Å². The molecule has 0 bridgehead atoms. The van der Waals surface area contributed by atoms with Gasteiger partial charge < -0.3 is 10.8 Å². The Morgan fingerprint density at radius 3 is 2.45 bits per heavy atom. The lowest BCUT2D eigenvalue weighted by Crippen LogP contribution is -2.32. The number of benzene rings is 1. The van der Waals surface area contributed by atoms with Gasteiger partial charge in [-0.3, -0.25) is 9.57 Å². The summed E-state index contributed by atoms with van der Waals surface area (Å²) in [7, 11) is -2.78. The molecule has 4 N–H and O–H groups in total. The Bertz CT molecular complexity index is 583. The van der Waals surface area contributed by atoms with Gasteiger partial charge in [0.1, 0.15) is 6.04 Å². The van der Waals surface area contributed by atoms with Gasteiger partial charge in [0.2, 0.25) is 0 Å². The molecular weight excluding hydrogens is 300 g/mol. The molecule has 0 spiro atoms. The predicted molar refractivity (Wildman–Crippen MR) is 89.4 cm³/mol. The maximum atomic E-state index is 12.2. The number of hydrogen-bond donors (Lipinski definition) is 3. The molecule has 0 amide bonds. The van der Waals surface area contributed by atoms with Crippen LogP contribution in [0.4, 0.5) is 0 Å². The van der Waals surface area contributed by atoms with Crippen molar-refractivity contribution in [3.05, 3.63) is 35.9 Å². The maximum Gasteiger partial charge on any atom is 0.320 e. The van der Waals surface area contributed by atoms with Gasteiger partial charge in [-0.2, -0.15) is 0 Å². The van der Waals surface area contributed by atoms with Crippen LogP contribution >= 0.6 is 0 Å². The van der Waals surface area contributed by atoms with Crippen molar-refractivity contribution in [3.63, 3.8) is 0 Å². The molecule has 0 aromatic heterocycles. The Labute approximate surface area is 132 Å². The number of nitrogens with two attached hydrogens (primary N) is 1. The highest BCUT2D eigenvalue weighted by molar-refractivity contribution is 7.92. The number of rotatable bonds is 9. The number of carboxylic acids is 1. The Morgan fingerprint density at radius 1 is 1.32 bits per heavy atom. The average Bonchev–Trinajstić information content (AvgIpc) is 2.43. The van der Waals surface area contributed by atoms with Crippen molar-refractivity contribution >= 4 is 15.7 Å². The van der Waals surface area contributed by atoms with Gasteiger partial charge >= 0.3 is 5.97 Å². The van der Waals surface area contributed by atoms with Crippen molar-refractivity contribution in [1.82, 2.24) is 0 Å². The van der Waals surface area contributed by atoms with Gasteiger partial charge in [-0.05, 0) is 30.2 Å². The SMILES string of the molecule is CC(C)(CCS(=N)(=O)CC[C@H](N)C(=O)O)Cc1ccccc1. The van der Waals surface area contributed by atoms with Crippen molar-refractivity contribution in [1.29, 1.82) is 4.78 Å². The molecule has 0 aliphatic rings. The highest BCUT2D eigenvalue weighted by Crippen LogP contribution is 2.26. The van der Waals surface area contributed by atoms with Gasteiger partial charge in [-0.15, -0.1) is 0 Å². The Morgan fingerprint density at radius 2 is 1.91 bits per heavy atom. The largest absolute Gasteiger partial charge is 0.480 e. The fourth-order valence-electron chi connectivity index (χ4n) is 2.22. The number of carbonyl (C=O) groups is 1. The lowest BCUT2D eigenvalue weighted by Gasteiger charge is -2.25. The summed E-state index contributed by atoms with van der Waals surface area (Å²) in [5, 5.41) is 8.72. The normalized spacial score (nSPS) is 16.0. The first-order chi connectivity index (χ1) is 10.1. The molecule has 1 unspecified atom stereocenters. The highest BCUT2D eigenvalue weighted by Gasteiger charge is 2.22. The molecule has 22 heavy (non-hydrogen) atoms. The zero-order valence-corrected chi connectivity index (χ0v) is 14.1. The molecule has 0 heterocycles. The van der Waals surface area contributed by atoms with Crippen LogP contribution in [-0.2, 0) is 20.9 Å². The monoisotopic (exact) mass is 326 g/mol. The summed E-state index contributed by atoms with van der Waals surface area (Å²) in [6.45, 7) is 4.19. The quantitative estimate of drug-likeness (QED) is 0.648. The second-order valence-electron chi connectivity index (χ2n) is 6.53. The number of nitrogens with one attached hydrogen (secondary N) is 1. The molecule has 0 aliphatic carbocycles. The maximum absolute atomic E-state index is 12.2. The first-order valence-electron chi connectivity index (χ1n) is 7.38. The molecule has 6 heteroatoms. The van der Waals surface area contributed by atoms with Crippen molar-refractivity contribution in [2.24, 2.45) is 11.1 Å². The summed E-state index contributed by atoms with van der Waals surface area (Å²) in [6.07, 6.45) is 1.60. The van der Waals surface area contributed by atoms with E-state index in [4.69, 9.17) is 15.6 Å². The molecule has 0 radical (unpaired) electrons. The average molecular weight is 326 g/mol. The van der Waals surface area contributed by atoms with Crippen LogP contribution in [0.3, 0.4) is 0 Å². The van der Waals surface area contributed by atoms with Crippen LogP contribution in [0.2, 0.25) is 0 Å². The van der Waals surface area contributed by atoms with Crippen LogP contribution in [0.5, 0.6) is 0 Å². The van der Waals surface area contributed by atoms with Gasteiger partial charge in [-0.1, -0.05) is 44.2 Å². The van der Waals surface area contributed by atoms with Crippen molar-refractivity contribution in [2.45, 2.75) is 39.2 Å². The lowest BCUT2D eigenvalue weighted by atomic mass is 9.83. The smallest absolute Gasteiger partial charge is 0.320 e. The second-order valence-corrected chi connectivity index (χ2v) is 8.97. The zero-order chi connectivity index (χ0) is 16.8. The van der Waals surface area contributed by atoms with Crippen LogP contribution in [0.15, 0.2) is 30.3 Å². The van der Waals surface area contributed by atoms with E-state index in [1.807, 2.05) is 18.2 Å². The molecule has 0 fully saturated rings. The fourth-order valence-corrected chi connectivity index (χ4v) is 3.94. The van der Waals surface area contributed by atoms with Crippen LogP contribution < -0.4 is 5.73 Å². The van der Waals surface area contributed by atoms with Crippen LogP contribution in [0.25, 0.3) is 0 Å². The first kappa shape index (κ1) is 18.6. The van der Waals surface area contributed by atoms with E-state index in [1.165, 1.54) is 5.56 Å². The number of carboxylic acid groups (broad SMARTS) is 1. The minimum atomic E-state index is -2.78. The molecule has 124 valence electrons. The lowest BCUT2D eigenvalue weighted by molar-refractivity contribution is -0.138. The standard InChI is InChI=1S/C16H26N2O3S/c1-16(2,12-13-6-4-3-5-7-13)9-11-22(18,21)10-8-14(17)15(19)20/h3-7,14,18H,8-12,17H2,1-2H3,(H,19,20)/t14-,22?/m0/s1.